The second-order valence-electron chi connectivity index (χ2n) is 10.4. The van der Waals surface area contributed by atoms with Crippen molar-refractivity contribution >= 4 is 22.1 Å². The van der Waals surface area contributed by atoms with Crippen LogP contribution in [-0.4, -0.2) is 19.9 Å². The summed E-state index contributed by atoms with van der Waals surface area (Å²) in [4.78, 5) is 18.9. The zero-order valence-electron chi connectivity index (χ0n) is 20.3. The van der Waals surface area contributed by atoms with E-state index in [1.807, 2.05) is 60.9 Å². The SMILES string of the molecule is CC(C)(Cc1cnc2ccccc2n1)c1ccc(C(C)(C)Cc2cnc3ccccc3n2)cc1. The molecule has 0 amide bonds. The smallest absolute Gasteiger partial charge is 0.0890 e. The topological polar surface area (TPSA) is 51.6 Å². The Morgan fingerprint density at radius 2 is 0.853 bits per heavy atom. The Balaban J connectivity index is 1.34. The van der Waals surface area contributed by atoms with Crippen molar-refractivity contribution in [2.45, 2.75) is 51.4 Å². The highest BCUT2D eigenvalue weighted by atomic mass is 14.8. The lowest BCUT2D eigenvalue weighted by molar-refractivity contribution is 0.504. The van der Waals surface area contributed by atoms with Crippen LogP contribution >= 0.6 is 0 Å². The van der Waals surface area contributed by atoms with E-state index in [-0.39, 0.29) is 10.8 Å². The quantitative estimate of drug-likeness (QED) is 0.294. The highest BCUT2D eigenvalue weighted by molar-refractivity contribution is 5.74. The number of hydrogen-bond acceptors (Lipinski definition) is 4. The molecule has 0 fully saturated rings. The molecular weight excluding hydrogens is 416 g/mol. The summed E-state index contributed by atoms with van der Waals surface area (Å²) in [6.07, 6.45) is 5.48. The van der Waals surface area contributed by atoms with Crippen molar-refractivity contribution in [3.8, 4) is 0 Å². The lowest BCUT2D eigenvalue weighted by Crippen LogP contribution is -2.24. The first-order chi connectivity index (χ1) is 16.3. The molecule has 5 rings (SSSR count). The van der Waals surface area contributed by atoms with E-state index in [1.165, 1.54) is 11.1 Å². The van der Waals surface area contributed by atoms with Crippen molar-refractivity contribution in [3.05, 3.63) is 108 Å². The van der Waals surface area contributed by atoms with E-state index in [0.29, 0.717) is 0 Å². The van der Waals surface area contributed by atoms with E-state index in [4.69, 9.17) is 9.97 Å². The summed E-state index contributed by atoms with van der Waals surface area (Å²) in [7, 11) is 0. The summed E-state index contributed by atoms with van der Waals surface area (Å²) < 4.78 is 0. The lowest BCUT2D eigenvalue weighted by Gasteiger charge is -2.28. The van der Waals surface area contributed by atoms with Crippen molar-refractivity contribution in [2.24, 2.45) is 0 Å². The van der Waals surface area contributed by atoms with E-state index >= 15 is 0 Å². The Hall–Kier alpha value is -3.66. The Morgan fingerprint density at radius 3 is 1.24 bits per heavy atom. The van der Waals surface area contributed by atoms with Gasteiger partial charge < -0.3 is 0 Å². The first-order valence-electron chi connectivity index (χ1n) is 11.8. The number of hydrogen-bond donors (Lipinski definition) is 0. The van der Waals surface area contributed by atoms with Gasteiger partial charge in [0.1, 0.15) is 0 Å². The summed E-state index contributed by atoms with van der Waals surface area (Å²) in [5.74, 6) is 0. The molecule has 170 valence electrons. The van der Waals surface area contributed by atoms with Crippen LogP contribution in [0.5, 0.6) is 0 Å². The summed E-state index contributed by atoms with van der Waals surface area (Å²) >= 11 is 0. The van der Waals surface area contributed by atoms with Crippen LogP contribution in [-0.2, 0) is 23.7 Å². The van der Waals surface area contributed by atoms with Gasteiger partial charge in [-0.05, 0) is 46.2 Å². The van der Waals surface area contributed by atoms with Gasteiger partial charge in [0.05, 0.1) is 33.5 Å². The third kappa shape index (κ3) is 4.54. The van der Waals surface area contributed by atoms with Crippen LogP contribution < -0.4 is 0 Å². The Bertz CT molecular complexity index is 1340. The van der Waals surface area contributed by atoms with Crippen LogP contribution in [0.2, 0.25) is 0 Å². The first-order valence-corrected chi connectivity index (χ1v) is 11.8. The largest absolute Gasteiger partial charge is 0.253 e. The summed E-state index contributed by atoms with van der Waals surface area (Å²) in [6.45, 7) is 9.09. The highest BCUT2D eigenvalue weighted by Gasteiger charge is 2.26. The summed E-state index contributed by atoms with van der Waals surface area (Å²) in [6, 6.07) is 25.1. The van der Waals surface area contributed by atoms with Gasteiger partial charge in [0.15, 0.2) is 0 Å². The van der Waals surface area contributed by atoms with Gasteiger partial charge in [-0.2, -0.15) is 0 Å². The van der Waals surface area contributed by atoms with Crippen LogP contribution in [0.25, 0.3) is 22.1 Å². The van der Waals surface area contributed by atoms with Crippen LogP contribution in [0.15, 0.2) is 85.2 Å². The number of benzene rings is 3. The van der Waals surface area contributed by atoms with Crippen molar-refractivity contribution < 1.29 is 0 Å². The third-order valence-corrected chi connectivity index (χ3v) is 6.69. The van der Waals surface area contributed by atoms with Gasteiger partial charge in [0, 0.05) is 25.2 Å². The molecule has 34 heavy (non-hydrogen) atoms. The van der Waals surface area contributed by atoms with Gasteiger partial charge in [-0.3, -0.25) is 9.97 Å². The number of aromatic nitrogens is 4. The van der Waals surface area contributed by atoms with Gasteiger partial charge >= 0.3 is 0 Å². The maximum atomic E-state index is 4.84. The fourth-order valence-corrected chi connectivity index (χ4v) is 4.64. The van der Waals surface area contributed by atoms with E-state index in [2.05, 4.69) is 61.9 Å². The monoisotopic (exact) mass is 446 g/mol. The molecule has 4 heteroatoms. The van der Waals surface area contributed by atoms with Crippen LogP contribution in [0.4, 0.5) is 0 Å². The minimum Gasteiger partial charge on any atom is -0.253 e. The fraction of sp³-hybridized carbons (Fsp3) is 0.267. The average Bonchev–Trinajstić information content (AvgIpc) is 2.83. The van der Waals surface area contributed by atoms with E-state index < -0.39 is 0 Å². The van der Waals surface area contributed by atoms with Crippen LogP contribution in [0.3, 0.4) is 0 Å². The Labute approximate surface area is 201 Å². The van der Waals surface area contributed by atoms with E-state index in [9.17, 15) is 0 Å². The third-order valence-electron chi connectivity index (χ3n) is 6.69. The standard InChI is InChI=1S/C30H30N4/c1-29(2,17-23-19-31-25-9-5-7-11-27(25)33-23)21-13-15-22(16-14-21)30(3,4)18-24-20-32-26-10-6-8-12-28(26)34-24/h5-16,19-20H,17-18H2,1-4H3. The Kier molecular flexibility index (Phi) is 5.60. The molecule has 3 aromatic carbocycles. The molecule has 0 saturated heterocycles. The number of para-hydroxylation sites is 4. The van der Waals surface area contributed by atoms with Crippen molar-refractivity contribution in [1.82, 2.24) is 19.9 Å². The molecule has 0 spiro atoms. The molecule has 0 atom stereocenters. The zero-order valence-corrected chi connectivity index (χ0v) is 20.3. The van der Waals surface area contributed by atoms with Gasteiger partial charge in [-0.25, -0.2) is 9.97 Å². The molecule has 0 bridgehead atoms. The summed E-state index contributed by atoms with van der Waals surface area (Å²) in [5, 5.41) is 0. The Morgan fingerprint density at radius 1 is 0.500 bits per heavy atom. The molecule has 2 heterocycles. The molecule has 5 aromatic rings. The molecule has 0 unspecified atom stereocenters. The van der Waals surface area contributed by atoms with Crippen molar-refractivity contribution in [3.63, 3.8) is 0 Å². The number of nitrogens with zero attached hydrogens (tertiary/aromatic N) is 4. The van der Waals surface area contributed by atoms with Crippen molar-refractivity contribution in [2.75, 3.05) is 0 Å². The number of rotatable bonds is 6. The van der Waals surface area contributed by atoms with Gasteiger partial charge in [0.2, 0.25) is 0 Å². The molecule has 0 aliphatic carbocycles. The maximum Gasteiger partial charge on any atom is 0.0890 e. The normalized spacial score (nSPS) is 12.4. The highest BCUT2D eigenvalue weighted by Crippen LogP contribution is 2.32. The zero-order chi connectivity index (χ0) is 23.8. The van der Waals surface area contributed by atoms with Gasteiger partial charge in [-0.1, -0.05) is 76.2 Å². The molecule has 0 radical (unpaired) electrons. The molecule has 0 N–H and O–H groups in total. The lowest BCUT2D eigenvalue weighted by atomic mass is 9.76. The number of fused-ring (bicyclic) bond motifs is 2. The summed E-state index contributed by atoms with van der Waals surface area (Å²) in [5.41, 5.74) is 8.30. The average molecular weight is 447 g/mol. The minimum absolute atomic E-state index is 0.0520. The second kappa shape index (κ2) is 8.60. The van der Waals surface area contributed by atoms with E-state index in [0.717, 1.165) is 46.3 Å². The first kappa shape index (κ1) is 22.1. The van der Waals surface area contributed by atoms with Gasteiger partial charge in [-0.15, -0.1) is 0 Å². The minimum atomic E-state index is -0.0520. The van der Waals surface area contributed by atoms with Gasteiger partial charge in [0.25, 0.3) is 0 Å². The molecule has 0 saturated carbocycles. The predicted octanol–water partition coefficient (Wildman–Crippen LogP) is 6.61. The molecule has 4 nitrogen and oxygen atoms in total. The molecular formula is C30H30N4. The predicted molar refractivity (Wildman–Crippen MR) is 139 cm³/mol. The van der Waals surface area contributed by atoms with Crippen LogP contribution in [0.1, 0.15) is 50.2 Å². The van der Waals surface area contributed by atoms with Crippen LogP contribution in [0, 0.1) is 0 Å². The molecule has 2 aromatic heterocycles. The van der Waals surface area contributed by atoms with Crippen molar-refractivity contribution in [1.29, 1.82) is 0 Å². The molecule has 0 aliphatic heterocycles. The fourth-order valence-electron chi connectivity index (χ4n) is 4.64. The maximum absolute atomic E-state index is 4.84. The molecule has 0 aliphatic rings. The second-order valence-corrected chi connectivity index (χ2v) is 10.4. The van der Waals surface area contributed by atoms with E-state index in [1.54, 1.807) is 0 Å².